The lowest BCUT2D eigenvalue weighted by Crippen LogP contribution is -2.47. The second-order valence-electron chi connectivity index (χ2n) is 7.69. The summed E-state index contributed by atoms with van der Waals surface area (Å²) in [4.78, 5) is 46.9. The number of rotatable bonds is 14. The molecule has 3 amide bonds. The van der Waals surface area contributed by atoms with Gasteiger partial charge in [0.25, 0.3) is 5.91 Å². The van der Waals surface area contributed by atoms with E-state index in [1.165, 1.54) is 6.07 Å². The monoisotopic (exact) mass is 457 g/mol. The summed E-state index contributed by atoms with van der Waals surface area (Å²) in [6.07, 6.45) is 4.67. The van der Waals surface area contributed by atoms with E-state index in [1.54, 1.807) is 37.3 Å². The van der Waals surface area contributed by atoms with Crippen molar-refractivity contribution in [1.82, 2.24) is 15.7 Å². The standard InChI is InChI=1S/C24H31N3O6/c1-3-5-6-7-19(20(4-2)27(32)16-29)23(30)25-15-26-24(31)22-13-12-21(33-22)18-10-8-17(14-28)9-11-18/h8-14,16,19-20,32H,3-7,15H2,1-2H3,(H,25,30)(H,26,31). The molecule has 0 saturated heterocycles. The van der Waals surface area contributed by atoms with Crippen molar-refractivity contribution in [2.75, 3.05) is 6.67 Å². The van der Waals surface area contributed by atoms with Crippen LogP contribution in [0, 0.1) is 5.92 Å². The van der Waals surface area contributed by atoms with Crippen LogP contribution in [0.1, 0.15) is 66.9 Å². The van der Waals surface area contributed by atoms with Crippen LogP contribution in [-0.4, -0.2) is 47.5 Å². The average molecular weight is 458 g/mol. The molecule has 0 aliphatic carbocycles. The number of hydroxylamine groups is 2. The highest BCUT2D eigenvalue weighted by Gasteiger charge is 2.30. The normalized spacial score (nSPS) is 12.5. The third-order valence-electron chi connectivity index (χ3n) is 5.46. The van der Waals surface area contributed by atoms with Crippen LogP contribution in [0.5, 0.6) is 0 Å². The van der Waals surface area contributed by atoms with E-state index in [2.05, 4.69) is 10.6 Å². The molecule has 9 nitrogen and oxygen atoms in total. The van der Waals surface area contributed by atoms with Gasteiger partial charge in [0.15, 0.2) is 5.76 Å². The van der Waals surface area contributed by atoms with Gasteiger partial charge in [0, 0.05) is 11.1 Å². The molecule has 0 aliphatic rings. The van der Waals surface area contributed by atoms with Crippen molar-refractivity contribution < 1.29 is 28.8 Å². The molecule has 1 aromatic heterocycles. The number of nitrogens with one attached hydrogen (secondary N) is 2. The van der Waals surface area contributed by atoms with Crippen molar-refractivity contribution in [2.24, 2.45) is 5.92 Å². The van der Waals surface area contributed by atoms with E-state index in [9.17, 15) is 24.4 Å². The predicted octanol–water partition coefficient (Wildman–Crippen LogP) is 3.39. The smallest absolute Gasteiger partial charge is 0.288 e. The Hall–Kier alpha value is -3.46. The zero-order valence-electron chi connectivity index (χ0n) is 19.0. The average Bonchev–Trinajstić information content (AvgIpc) is 3.33. The highest BCUT2D eigenvalue weighted by Crippen LogP contribution is 2.23. The number of carbonyl (C=O) groups is 4. The van der Waals surface area contributed by atoms with Gasteiger partial charge in [-0.3, -0.25) is 24.4 Å². The Kier molecular flexibility index (Phi) is 10.3. The maximum Gasteiger partial charge on any atom is 0.288 e. The van der Waals surface area contributed by atoms with Gasteiger partial charge < -0.3 is 15.1 Å². The minimum Gasteiger partial charge on any atom is -0.451 e. The third kappa shape index (κ3) is 7.28. The van der Waals surface area contributed by atoms with Gasteiger partial charge in [-0.25, -0.2) is 5.06 Å². The zero-order chi connectivity index (χ0) is 24.2. The van der Waals surface area contributed by atoms with Crippen molar-refractivity contribution in [2.45, 2.75) is 52.0 Å². The van der Waals surface area contributed by atoms with Crippen LogP contribution in [0.25, 0.3) is 11.3 Å². The molecule has 0 fully saturated rings. The molecule has 178 valence electrons. The van der Waals surface area contributed by atoms with E-state index in [1.807, 2.05) is 6.92 Å². The molecule has 2 unspecified atom stereocenters. The second kappa shape index (κ2) is 13.2. The molecule has 0 spiro atoms. The Morgan fingerprint density at radius 1 is 1.06 bits per heavy atom. The van der Waals surface area contributed by atoms with Crippen molar-refractivity contribution >= 4 is 24.5 Å². The van der Waals surface area contributed by atoms with Gasteiger partial charge >= 0.3 is 0 Å². The van der Waals surface area contributed by atoms with E-state index in [4.69, 9.17) is 4.42 Å². The van der Waals surface area contributed by atoms with Crippen molar-refractivity contribution in [3.05, 3.63) is 47.7 Å². The Morgan fingerprint density at radius 2 is 1.79 bits per heavy atom. The van der Waals surface area contributed by atoms with Crippen LogP contribution in [0.4, 0.5) is 0 Å². The molecule has 3 N–H and O–H groups in total. The van der Waals surface area contributed by atoms with E-state index in [0.717, 1.165) is 31.1 Å². The van der Waals surface area contributed by atoms with Crippen LogP contribution in [-0.2, 0) is 9.59 Å². The summed E-state index contributed by atoms with van der Waals surface area (Å²) in [5.41, 5.74) is 1.26. The summed E-state index contributed by atoms with van der Waals surface area (Å²) in [5.74, 6) is -0.905. The maximum absolute atomic E-state index is 12.8. The fraction of sp³-hybridized carbons (Fsp3) is 0.417. The summed E-state index contributed by atoms with van der Waals surface area (Å²) in [6.45, 7) is 3.71. The van der Waals surface area contributed by atoms with E-state index in [0.29, 0.717) is 35.6 Å². The molecule has 2 rings (SSSR count). The number of furan rings is 1. The van der Waals surface area contributed by atoms with Gasteiger partial charge in [-0.15, -0.1) is 0 Å². The lowest BCUT2D eigenvalue weighted by Gasteiger charge is -2.29. The predicted molar refractivity (Wildman–Crippen MR) is 121 cm³/mol. The SMILES string of the molecule is CCCCCC(C(=O)NCNC(=O)c1ccc(-c2ccc(C=O)cc2)o1)C(CC)N(O)C=O. The first-order valence-electron chi connectivity index (χ1n) is 11.1. The topological polar surface area (TPSA) is 129 Å². The molecule has 1 aromatic carbocycles. The number of amides is 3. The van der Waals surface area contributed by atoms with Crippen molar-refractivity contribution in [3.63, 3.8) is 0 Å². The minimum absolute atomic E-state index is 0.0760. The first-order valence-corrected chi connectivity index (χ1v) is 11.1. The highest BCUT2D eigenvalue weighted by molar-refractivity contribution is 5.92. The van der Waals surface area contributed by atoms with E-state index in [-0.39, 0.29) is 18.3 Å². The Balaban J connectivity index is 1.95. The molecule has 33 heavy (non-hydrogen) atoms. The molecule has 0 bridgehead atoms. The van der Waals surface area contributed by atoms with E-state index >= 15 is 0 Å². The van der Waals surface area contributed by atoms with E-state index < -0.39 is 17.9 Å². The number of carbonyl (C=O) groups excluding carboxylic acids is 4. The number of aldehydes is 1. The van der Waals surface area contributed by atoms with Gasteiger partial charge in [-0.05, 0) is 25.0 Å². The molecule has 0 aliphatic heterocycles. The quantitative estimate of drug-likeness (QED) is 0.131. The highest BCUT2D eigenvalue weighted by atomic mass is 16.5. The molecule has 0 radical (unpaired) electrons. The summed E-state index contributed by atoms with van der Waals surface area (Å²) in [5, 5.41) is 15.6. The summed E-state index contributed by atoms with van der Waals surface area (Å²) in [7, 11) is 0. The maximum atomic E-state index is 12.8. The van der Waals surface area contributed by atoms with Gasteiger partial charge in [-0.1, -0.05) is 57.4 Å². The number of hydrogen-bond donors (Lipinski definition) is 3. The molecule has 2 aromatic rings. The Morgan fingerprint density at radius 3 is 2.39 bits per heavy atom. The number of benzene rings is 1. The molecular formula is C24H31N3O6. The van der Waals surface area contributed by atoms with Gasteiger partial charge in [0.05, 0.1) is 18.6 Å². The number of nitrogens with zero attached hydrogens (tertiary/aromatic N) is 1. The molecule has 2 atom stereocenters. The summed E-state index contributed by atoms with van der Waals surface area (Å²) < 4.78 is 5.59. The first kappa shape index (κ1) is 25.8. The lowest BCUT2D eigenvalue weighted by molar-refractivity contribution is -0.168. The summed E-state index contributed by atoms with van der Waals surface area (Å²) >= 11 is 0. The first-order chi connectivity index (χ1) is 15.9. The number of hydrogen-bond acceptors (Lipinski definition) is 6. The van der Waals surface area contributed by atoms with Crippen LogP contribution in [0.2, 0.25) is 0 Å². The van der Waals surface area contributed by atoms with Crippen molar-refractivity contribution in [3.8, 4) is 11.3 Å². The minimum atomic E-state index is -0.645. The fourth-order valence-corrected chi connectivity index (χ4v) is 3.62. The molecule has 0 saturated carbocycles. The third-order valence-corrected chi connectivity index (χ3v) is 5.46. The summed E-state index contributed by atoms with van der Waals surface area (Å²) in [6, 6.07) is 9.27. The Labute approximate surface area is 193 Å². The zero-order valence-corrected chi connectivity index (χ0v) is 19.0. The molecule has 1 heterocycles. The van der Waals surface area contributed by atoms with Crippen LogP contribution < -0.4 is 10.6 Å². The largest absolute Gasteiger partial charge is 0.451 e. The van der Waals surface area contributed by atoms with Crippen LogP contribution >= 0.6 is 0 Å². The van der Waals surface area contributed by atoms with Crippen LogP contribution in [0.15, 0.2) is 40.8 Å². The lowest BCUT2D eigenvalue weighted by atomic mass is 9.90. The number of unbranched alkanes of at least 4 members (excludes halogenated alkanes) is 2. The Bertz CT molecular complexity index is 925. The van der Waals surface area contributed by atoms with Gasteiger partial charge in [0.2, 0.25) is 12.3 Å². The fourth-order valence-electron chi connectivity index (χ4n) is 3.62. The second-order valence-corrected chi connectivity index (χ2v) is 7.69. The molecule has 9 heteroatoms. The van der Waals surface area contributed by atoms with Gasteiger partial charge in [0.1, 0.15) is 12.0 Å². The molecular weight excluding hydrogens is 426 g/mol. The van der Waals surface area contributed by atoms with Gasteiger partial charge in [-0.2, -0.15) is 0 Å². The van der Waals surface area contributed by atoms with Crippen LogP contribution in [0.3, 0.4) is 0 Å². The van der Waals surface area contributed by atoms with Crippen molar-refractivity contribution in [1.29, 1.82) is 0 Å².